The van der Waals surface area contributed by atoms with Gasteiger partial charge in [-0.15, -0.1) is 0 Å². The number of halogens is 2. The zero-order valence-corrected chi connectivity index (χ0v) is 23.2. The van der Waals surface area contributed by atoms with Crippen LogP contribution < -0.4 is 0 Å². The van der Waals surface area contributed by atoms with E-state index in [0.717, 1.165) is 41.5 Å². The number of nitrogens with zero attached hydrogens (tertiary/aromatic N) is 3. The van der Waals surface area contributed by atoms with Crippen LogP contribution in [0.15, 0.2) is 48.8 Å². The van der Waals surface area contributed by atoms with Crippen molar-refractivity contribution < 1.29 is 22.1 Å². The monoisotopic (exact) mass is 567 g/mol. The van der Waals surface area contributed by atoms with Crippen molar-refractivity contribution in [3.05, 3.63) is 70.0 Å². The Morgan fingerprint density at radius 3 is 2.49 bits per heavy atom. The standard InChI is InChI=1S/C26H31ClFN3O4S2/c1-3-24(19-7-5-6-8-19)26(32,16-30-25(36)31(17-29-30)37(33,34)35-4-2)21-13-20(14-23(28)15-21)18-9-11-22(27)12-10-18/h9-15,17,19,24,32H,3-8,16H2,1-2H3. The molecule has 2 atom stereocenters. The van der Waals surface area contributed by atoms with Crippen LogP contribution in [0.2, 0.25) is 5.02 Å². The highest BCUT2D eigenvalue weighted by Gasteiger charge is 2.44. The highest BCUT2D eigenvalue weighted by Crippen LogP contribution is 2.45. The molecule has 1 saturated carbocycles. The SMILES string of the molecule is CCOS(=O)(=O)n1cnn(CC(O)(c2cc(F)cc(-c3ccc(Cl)cc3)c2)C(CC)C2CCCC2)c1=S. The number of hydrogen-bond donors (Lipinski definition) is 1. The minimum Gasteiger partial charge on any atom is -0.383 e. The van der Waals surface area contributed by atoms with Crippen molar-refractivity contribution in [2.24, 2.45) is 11.8 Å². The van der Waals surface area contributed by atoms with Gasteiger partial charge in [0, 0.05) is 5.02 Å². The largest absolute Gasteiger partial charge is 0.383 e. The van der Waals surface area contributed by atoms with Crippen LogP contribution >= 0.6 is 23.8 Å². The van der Waals surface area contributed by atoms with Crippen molar-refractivity contribution in [3.63, 3.8) is 0 Å². The zero-order valence-electron chi connectivity index (χ0n) is 20.8. The van der Waals surface area contributed by atoms with Crippen LogP contribution in [0.5, 0.6) is 0 Å². The topological polar surface area (TPSA) is 86.4 Å². The molecular formula is C26H31ClFN3O4S2. The minimum atomic E-state index is -4.16. The predicted octanol–water partition coefficient (Wildman–Crippen LogP) is 6.11. The first-order valence-corrected chi connectivity index (χ1v) is 14.6. The van der Waals surface area contributed by atoms with Crippen molar-refractivity contribution in [2.45, 2.75) is 58.1 Å². The van der Waals surface area contributed by atoms with Crippen molar-refractivity contribution in [3.8, 4) is 11.1 Å². The molecule has 0 spiro atoms. The Hall–Kier alpha value is -2.11. The van der Waals surface area contributed by atoms with Gasteiger partial charge >= 0.3 is 10.3 Å². The van der Waals surface area contributed by atoms with Crippen molar-refractivity contribution in [2.75, 3.05) is 6.61 Å². The summed E-state index contributed by atoms with van der Waals surface area (Å²) in [6.07, 6.45) is 5.75. The van der Waals surface area contributed by atoms with Gasteiger partial charge < -0.3 is 5.11 Å². The van der Waals surface area contributed by atoms with Crippen LogP contribution in [0.4, 0.5) is 4.39 Å². The zero-order chi connectivity index (χ0) is 26.8. The van der Waals surface area contributed by atoms with Gasteiger partial charge in [-0.1, -0.05) is 56.3 Å². The van der Waals surface area contributed by atoms with E-state index in [9.17, 15) is 13.5 Å². The average molecular weight is 568 g/mol. The highest BCUT2D eigenvalue weighted by atomic mass is 35.5. The lowest BCUT2D eigenvalue weighted by atomic mass is 9.71. The number of rotatable bonds is 10. The van der Waals surface area contributed by atoms with Gasteiger partial charge in [-0.2, -0.15) is 17.5 Å². The summed E-state index contributed by atoms with van der Waals surface area (Å²) in [5, 5.41) is 17.2. The maximum Gasteiger partial charge on any atom is 0.369 e. The number of aromatic nitrogens is 3. The van der Waals surface area contributed by atoms with E-state index in [4.69, 9.17) is 28.0 Å². The van der Waals surface area contributed by atoms with E-state index in [1.807, 2.05) is 6.92 Å². The summed E-state index contributed by atoms with van der Waals surface area (Å²) in [5.41, 5.74) is 0.171. The van der Waals surface area contributed by atoms with E-state index in [1.54, 1.807) is 37.3 Å². The van der Waals surface area contributed by atoms with Gasteiger partial charge in [0.1, 0.15) is 17.7 Å². The Bertz CT molecular complexity index is 1400. The minimum absolute atomic E-state index is 0.0599. The second kappa shape index (κ2) is 11.3. The van der Waals surface area contributed by atoms with Crippen molar-refractivity contribution in [1.82, 2.24) is 13.8 Å². The Morgan fingerprint density at radius 1 is 1.19 bits per heavy atom. The van der Waals surface area contributed by atoms with Gasteiger partial charge in [0.05, 0.1) is 13.2 Å². The van der Waals surface area contributed by atoms with Gasteiger partial charge in [0.15, 0.2) is 0 Å². The van der Waals surface area contributed by atoms with E-state index < -0.39 is 21.7 Å². The lowest BCUT2D eigenvalue weighted by molar-refractivity contribution is -0.0666. The fraction of sp³-hybridized carbons (Fsp3) is 0.462. The first kappa shape index (κ1) is 27.9. The fourth-order valence-electron chi connectivity index (χ4n) is 5.51. The van der Waals surface area contributed by atoms with Crippen LogP contribution in [0.3, 0.4) is 0 Å². The molecule has 2 unspecified atom stereocenters. The molecule has 1 aliphatic carbocycles. The quantitative estimate of drug-likeness (QED) is 0.298. The third-order valence-electron chi connectivity index (χ3n) is 7.20. The molecule has 0 aliphatic heterocycles. The molecule has 0 bridgehead atoms. The molecule has 1 fully saturated rings. The normalized spacial score (nSPS) is 17.1. The molecule has 37 heavy (non-hydrogen) atoms. The van der Waals surface area contributed by atoms with E-state index in [0.29, 0.717) is 22.6 Å². The van der Waals surface area contributed by atoms with Crippen LogP contribution in [-0.2, 0) is 26.6 Å². The van der Waals surface area contributed by atoms with Gasteiger partial charge in [-0.05, 0) is 84.4 Å². The summed E-state index contributed by atoms with van der Waals surface area (Å²) in [6, 6.07) is 11.6. The van der Waals surface area contributed by atoms with E-state index in [1.165, 1.54) is 16.8 Å². The first-order valence-electron chi connectivity index (χ1n) is 12.4. The van der Waals surface area contributed by atoms with Gasteiger partial charge in [-0.3, -0.25) is 4.18 Å². The van der Waals surface area contributed by atoms with E-state index >= 15 is 4.39 Å². The van der Waals surface area contributed by atoms with Crippen LogP contribution in [0.1, 0.15) is 51.5 Å². The van der Waals surface area contributed by atoms with Gasteiger partial charge in [0.25, 0.3) is 0 Å². The number of aliphatic hydroxyl groups is 1. The van der Waals surface area contributed by atoms with Gasteiger partial charge in [-0.25, -0.2) is 9.07 Å². The molecule has 3 aromatic rings. The van der Waals surface area contributed by atoms with Crippen LogP contribution in [0.25, 0.3) is 11.1 Å². The molecule has 1 N–H and O–H groups in total. The van der Waals surface area contributed by atoms with E-state index in [2.05, 4.69) is 5.10 Å². The average Bonchev–Trinajstić information content (AvgIpc) is 3.50. The molecule has 200 valence electrons. The Morgan fingerprint density at radius 2 is 1.86 bits per heavy atom. The van der Waals surface area contributed by atoms with Crippen molar-refractivity contribution in [1.29, 1.82) is 0 Å². The molecule has 0 saturated heterocycles. The molecule has 11 heteroatoms. The molecule has 7 nitrogen and oxygen atoms in total. The molecule has 0 amide bonds. The molecule has 2 aromatic carbocycles. The predicted molar refractivity (Wildman–Crippen MR) is 143 cm³/mol. The lowest BCUT2D eigenvalue weighted by Crippen LogP contribution is -2.43. The Balaban J connectivity index is 1.84. The summed E-state index contributed by atoms with van der Waals surface area (Å²) in [4.78, 5) is 0. The van der Waals surface area contributed by atoms with Crippen LogP contribution in [0, 0.1) is 22.4 Å². The smallest absolute Gasteiger partial charge is 0.369 e. The Labute approximate surface area is 227 Å². The van der Waals surface area contributed by atoms with Crippen molar-refractivity contribution >= 4 is 34.1 Å². The maximum atomic E-state index is 15.1. The third kappa shape index (κ3) is 5.83. The number of hydrogen-bond acceptors (Lipinski definition) is 6. The Kier molecular flexibility index (Phi) is 8.55. The van der Waals surface area contributed by atoms with Gasteiger partial charge in [0.2, 0.25) is 4.77 Å². The molecule has 4 rings (SSSR count). The van der Waals surface area contributed by atoms with E-state index in [-0.39, 0.29) is 29.8 Å². The maximum absolute atomic E-state index is 15.1. The molecule has 1 heterocycles. The summed E-state index contributed by atoms with van der Waals surface area (Å²) in [7, 11) is -4.16. The molecule has 0 radical (unpaired) electrons. The number of benzene rings is 2. The molecule has 1 aliphatic rings. The summed E-state index contributed by atoms with van der Waals surface area (Å²) in [6.45, 7) is 3.36. The summed E-state index contributed by atoms with van der Waals surface area (Å²) >= 11 is 11.4. The second-order valence-electron chi connectivity index (χ2n) is 9.45. The summed E-state index contributed by atoms with van der Waals surface area (Å²) < 4.78 is 46.8. The lowest BCUT2D eigenvalue weighted by Gasteiger charge is -2.40. The summed E-state index contributed by atoms with van der Waals surface area (Å²) in [5.74, 6) is -0.499. The molecular weight excluding hydrogens is 537 g/mol. The van der Waals surface area contributed by atoms with Crippen LogP contribution in [-0.4, -0.2) is 33.9 Å². The third-order valence-corrected chi connectivity index (χ3v) is 9.26. The molecule has 1 aromatic heterocycles. The second-order valence-corrected chi connectivity index (χ2v) is 11.7. The first-order chi connectivity index (χ1) is 17.6. The fourth-order valence-corrected chi connectivity index (χ4v) is 6.92. The highest BCUT2D eigenvalue weighted by molar-refractivity contribution is 7.85.